The molecule has 38 heavy (non-hydrogen) atoms. The number of hydrogen-bond acceptors (Lipinski definition) is 6. The number of carbonyl (C=O) groups is 1. The second-order valence-electron chi connectivity index (χ2n) is 8.74. The average molecular weight is 553 g/mol. The number of sulfonamides is 1. The van der Waals surface area contributed by atoms with Gasteiger partial charge in [-0.15, -0.1) is 0 Å². The molecule has 0 fully saturated rings. The molecule has 3 aromatic carbocycles. The van der Waals surface area contributed by atoms with Gasteiger partial charge in [-0.1, -0.05) is 48.0 Å². The van der Waals surface area contributed by atoms with E-state index in [1.807, 2.05) is 6.92 Å². The van der Waals surface area contributed by atoms with Gasteiger partial charge in [-0.05, 0) is 67.4 Å². The summed E-state index contributed by atoms with van der Waals surface area (Å²) in [5.41, 5.74) is 2.08. The van der Waals surface area contributed by atoms with Crippen LogP contribution in [-0.4, -0.2) is 36.3 Å². The topological polar surface area (TPSA) is 107 Å². The summed E-state index contributed by atoms with van der Waals surface area (Å²) in [7, 11) is -4.23. The van der Waals surface area contributed by atoms with Crippen LogP contribution in [-0.2, 0) is 19.6 Å². The van der Waals surface area contributed by atoms with E-state index in [1.54, 1.807) is 49.4 Å². The zero-order valence-electron chi connectivity index (χ0n) is 20.7. The van der Waals surface area contributed by atoms with Gasteiger partial charge in [-0.2, -0.15) is 0 Å². The Morgan fingerprint density at radius 2 is 1.66 bits per heavy atom. The quantitative estimate of drug-likeness (QED) is 0.150. The first-order valence-electron chi connectivity index (χ1n) is 11.7. The Labute approximate surface area is 226 Å². The molecule has 0 N–H and O–H groups in total. The lowest BCUT2D eigenvalue weighted by atomic mass is 9.89. The van der Waals surface area contributed by atoms with Gasteiger partial charge in [0.1, 0.15) is 0 Å². The Balaban J connectivity index is 1.95. The summed E-state index contributed by atoms with van der Waals surface area (Å²) in [5, 5.41) is 11.7. The van der Waals surface area contributed by atoms with E-state index in [9.17, 15) is 23.3 Å². The van der Waals surface area contributed by atoms with E-state index in [0.29, 0.717) is 16.1 Å². The van der Waals surface area contributed by atoms with Gasteiger partial charge < -0.3 is 4.74 Å². The number of nitrogens with zero attached hydrogens (tertiary/aromatic N) is 2. The van der Waals surface area contributed by atoms with Gasteiger partial charge in [0.25, 0.3) is 15.7 Å². The number of rotatable bonds is 8. The lowest BCUT2D eigenvalue weighted by Crippen LogP contribution is -2.41. The number of nitro groups is 1. The van der Waals surface area contributed by atoms with Crippen molar-refractivity contribution < 1.29 is 22.9 Å². The van der Waals surface area contributed by atoms with Crippen molar-refractivity contribution in [3.05, 3.63) is 123 Å². The fourth-order valence-corrected chi connectivity index (χ4v) is 6.19. The van der Waals surface area contributed by atoms with Crippen molar-refractivity contribution in [1.29, 1.82) is 0 Å². The van der Waals surface area contributed by atoms with Crippen molar-refractivity contribution in [3.8, 4) is 0 Å². The molecule has 1 aliphatic heterocycles. The van der Waals surface area contributed by atoms with E-state index in [-0.39, 0.29) is 28.5 Å². The Morgan fingerprint density at radius 3 is 2.21 bits per heavy atom. The average Bonchev–Trinajstić information content (AvgIpc) is 3.30. The van der Waals surface area contributed by atoms with Crippen LogP contribution in [0.5, 0.6) is 0 Å². The molecule has 10 heteroatoms. The van der Waals surface area contributed by atoms with Gasteiger partial charge in [0.2, 0.25) is 0 Å². The molecule has 0 bridgehead atoms. The van der Waals surface area contributed by atoms with Crippen molar-refractivity contribution in [2.75, 3.05) is 6.61 Å². The molecule has 0 aliphatic carbocycles. The zero-order chi connectivity index (χ0) is 27.6. The number of non-ortho nitro benzene ring substituents is 1. The first-order valence-corrected chi connectivity index (χ1v) is 13.6. The van der Waals surface area contributed by atoms with Gasteiger partial charge in [0.15, 0.2) is 0 Å². The van der Waals surface area contributed by atoms with E-state index in [4.69, 9.17) is 16.3 Å². The van der Waals surface area contributed by atoms with E-state index in [1.165, 1.54) is 36.4 Å². The van der Waals surface area contributed by atoms with Crippen LogP contribution in [0.2, 0.25) is 5.02 Å². The predicted octanol–water partition coefficient (Wildman–Crippen LogP) is 5.87. The number of nitro benzene ring substituents is 1. The Morgan fingerprint density at radius 1 is 1.05 bits per heavy atom. The Hall–Kier alpha value is -3.95. The van der Waals surface area contributed by atoms with Crippen LogP contribution in [0.3, 0.4) is 0 Å². The van der Waals surface area contributed by atoms with Crippen LogP contribution in [0.25, 0.3) is 5.70 Å². The fraction of sp³-hybridized carbons (Fsp3) is 0.179. The number of aryl methyl sites for hydroxylation is 1. The maximum atomic E-state index is 14.2. The van der Waals surface area contributed by atoms with Crippen molar-refractivity contribution in [2.24, 2.45) is 0 Å². The third-order valence-corrected chi connectivity index (χ3v) is 8.33. The predicted molar refractivity (Wildman–Crippen MR) is 145 cm³/mol. The molecular weight excluding hydrogens is 528 g/mol. The summed E-state index contributed by atoms with van der Waals surface area (Å²) in [6, 6.07) is 17.7. The maximum Gasteiger partial charge on any atom is 0.335 e. The first-order chi connectivity index (χ1) is 18.0. The van der Waals surface area contributed by atoms with Crippen molar-refractivity contribution in [1.82, 2.24) is 4.31 Å². The summed E-state index contributed by atoms with van der Waals surface area (Å²) in [4.78, 5) is 23.6. The van der Waals surface area contributed by atoms with Crippen LogP contribution >= 0.6 is 11.6 Å². The third kappa shape index (κ3) is 5.20. The largest absolute Gasteiger partial charge is 0.463 e. The standard InChI is InChI=1S/C28H25ClN2O6S/c1-4-37-28(32)19(3)27-25(20-7-11-22(29)12-8-20)17-26(21-9-13-23(14-10-21)31(33)34)30(27)38(35,36)24-15-5-18(2)6-16-24/h5-17,25,27H,3-4H2,1-2H3/t25-,27-/m1/s1. The highest BCUT2D eigenvalue weighted by Gasteiger charge is 2.46. The molecule has 1 aliphatic rings. The van der Waals surface area contributed by atoms with Gasteiger partial charge in [0, 0.05) is 23.1 Å². The van der Waals surface area contributed by atoms with Crippen LogP contribution in [0, 0.1) is 17.0 Å². The molecule has 4 rings (SSSR count). The summed E-state index contributed by atoms with van der Waals surface area (Å²) >= 11 is 6.10. The van der Waals surface area contributed by atoms with Gasteiger partial charge in [-0.3, -0.25) is 14.4 Å². The maximum absolute atomic E-state index is 14.2. The first kappa shape index (κ1) is 27.1. The molecule has 0 saturated carbocycles. The SMILES string of the molecule is C=C(C(=O)OCC)[C@@H]1[C@@H](c2ccc(Cl)cc2)C=C(c2ccc([N+](=O)[O-])cc2)N1S(=O)(=O)c1ccc(C)cc1. The molecule has 2 atom stereocenters. The highest BCUT2D eigenvalue weighted by Crippen LogP contribution is 2.46. The lowest BCUT2D eigenvalue weighted by molar-refractivity contribution is -0.384. The number of benzene rings is 3. The minimum Gasteiger partial charge on any atom is -0.463 e. The number of halogens is 1. The van der Waals surface area contributed by atoms with Crippen LogP contribution in [0.1, 0.15) is 29.5 Å². The second-order valence-corrected chi connectivity index (χ2v) is 11.0. The van der Waals surface area contributed by atoms with E-state index in [0.717, 1.165) is 9.87 Å². The van der Waals surface area contributed by atoms with Crippen LogP contribution < -0.4 is 0 Å². The van der Waals surface area contributed by atoms with E-state index < -0.39 is 32.9 Å². The summed E-state index contributed by atoms with van der Waals surface area (Å²) < 4.78 is 34.8. The van der Waals surface area contributed by atoms with E-state index >= 15 is 0 Å². The highest BCUT2D eigenvalue weighted by molar-refractivity contribution is 7.89. The van der Waals surface area contributed by atoms with Crippen molar-refractivity contribution >= 4 is 39.0 Å². The Bertz CT molecular complexity index is 1520. The summed E-state index contributed by atoms with van der Waals surface area (Å²) in [6.45, 7) is 7.54. The minimum absolute atomic E-state index is 0.0225. The van der Waals surface area contributed by atoms with E-state index in [2.05, 4.69) is 6.58 Å². The number of carbonyl (C=O) groups excluding carboxylic acids is 1. The summed E-state index contributed by atoms with van der Waals surface area (Å²) in [5.74, 6) is -1.35. The monoisotopic (exact) mass is 552 g/mol. The van der Waals surface area contributed by atoms with Gasteiger partial charge >= 0.3 is 5.97 Å². The molecule has 0 radical (unpaired) electrons. The second kappa shape index (κ2) is 10.8. The highest BCUT2D eigenvalue weighted by atomic mass is 35.5. The summed E-state index contributed by atoms with van der Waals surface area (Å²) in [6.07, 6.45) is 1.73. The number of hydrogen-bond donors (Lipinski definition) is 0. The molecule has 0 saturated heterocycles. The molecule has 0 amide bonds. The van der Waals surface area contributed by atoms with Crippen LogP contribution in [0.4, 0.5) is 5.69 Å². The van der Waals surface area contributed by atoms with Crippen LogP contribution in [0.15, 0.2) is 95.9 Å². The molecule has 3 aromatic rings. The molecular formula is C28H25ClN2O6S. The molecule has 0 aromatic heterocycles. The minimum atomic E-state index is -4.23. The molecule has 0 unspecified atom stereocenters. The lowest BCUT2D eigenvalue weighted by Gasteiger charge is -2.32. The van der Waals surface area contributed by atoms with Gasteiger partial charge in [0.05, 0.1) is 33.7 Å². The Kier molecular flexibility index (Phi) is 7.71. The zero-order valence-corrected chi connectivity index (χ0v) is 22.3. The normalized spacial score (nSPS) is 17.1. The number of ether oxygens (including phenoxy) is 1. The smallest absolute Gasteiger partial charge is 0.335 e. The molecule has 8 nitrogen and oxygen atoms in total. The molecule has 1 heterocycles. The fourth-order valence-electron chi connectivity index (χ4n) is 4.38. The molecule has 196 valence electrons. The van der Waals surface area contributed by atoms with Gasteiger partial charge in [-0.25, -0.2) is 13.2 Å². The van der Waals surface area contributed by atoms with Crippen molar-refractivity contribution in [2.45, 2.75) is 30.7 Å². The van der Waals surface area contributed by atoms with Crippen molar-refractivity contribution in [3.63, 3.8) is 0 Å². The number of esters is 1. The third-order valence-electron chi connectivity index (χ3n) is 6.27. The molecule has 0 spiro atoms.